The second-order valence-corrected chi connectivity index (χ2v) is 7.66. The first-order valence-electron chi connectivity index (χ1n) is 10.5. The molecular formula is C24H19F6N3O4. The summed E-state index contributed by atoms with van der Waals surface area (Å²) in [6, 6.07) is 9.06. The molecule has 0 bridgehead atoms. The molecule has 4 rings (SSSR count). The molecule has 7 nitrogen and oxygen atoms in total. The number of hydrogen-bond donors (Lipinski definition) is 1. The number of carbonyl (C=O) groups excluding carboxylic acids is 2. The zero-order valence-corrected chi connectivity index (χ0v) is 19.1. The second-order valence-electron chi connectivity index (χ2n) is 7.66. The van der Waals surface area contributed by atoms with E-state index in [4.69, 9.17) is 10.5 Å². The van der Waals surface area contributed by atoms with Gasteiger partial charge in [0.2, 0.25) is 11.8 Å². The number of ether oxygens (including phenoxy) is 2. The van der Waals surface area contributed by atoms with Gasteiger partial charge < -0.3 is 15.2 Å². The van der Waals surface area contributed by atoms with E-state index >= 15 is 0 Å². The van der Waals surface area contributed by atoms with Gasteiger partial charge in [0.15, 0.2) is 11.6 Å². The lowest BCUT2D eigenvalue weighted by atomic mass is 9.97. The third kappa shape index (κ3) is 6.90. The fraction of sp³-hybridized carbons (Fsp3) is 0.208. The number of anilines is 1. The molecule has 13 heteroatoms. The molecule has 1 atom stereocenters. The van der Waals surface area contributed by atoms with Gasteiger partial charge in [0.25, 0.3) is 0 Å². The minimum absolute atomic E-state index is 0.0348. The predicted octanol–water partition coefficient (Wildman–Crippen LogP) is 4.71. The van der Waals surface area contributed by atoms with Crippen molar-refractivity contribution in [2.75, 3.05) is 18.6 Å². The Balaban J connectivity index is 0.000000233. The van der Waals surface area contributed by atoms with Gasteiger partial charge in [-0.25, -0.2) is 18.2 Å². The molecule has 2 amide bonds. The largest absolute Gasteiger partial charge is 0.573 e. The predicted molar refractivity (Wildman–Crippen MR) is 118 cm³/mol. The van der Waals surface area contributed by atoms with E-state index in [1.165, 1.54) is 25.4 Å². The highest BCUT2D eigenvalue weighted by Gasteiger charge is 2.36. The molecule has 37 heavy (non-hydrogen) atoms. The first-order valence-corrected chi connectivity index (χ1v) is 10.5. The van der Waals surface area contributed by atoms with E-state index in [0.717, 1.165) is 41.3 Å². The van der Waals surface area contributed by atoms with Gasteiger partial charge in [0, 0.05) is 48.3 Å². The molecule has 196 valence electrons. The molecule has 2 heterocycles. The lowest BCUT2D eigenvalue weighted by Gasteiger charge is -2.17. The maximum atomic E-state index is 14.1. The van der Waals surface area contributed by atoms with E-state index in [1.807, 2.05) is 0 Å². The first kappa shape index (κ1) is 27.3. The summed E-state index contributed by atoms with van der Waals surface area (Å²) in [7, 11) is 1.30. The minimum atomic E-state index is -4.73. The summed E-state index contributed by atoms with van der Waals surface area (Å²) >= 11 is 0. The molecule has 1 saturated heterocycles. The molecule has 0 aliphatic carbocycles. The van der Waals surface area contributed by atoms with Crippen molar-refractivity contribution in [3.05, 3.63) is 83.3 Å². The van der Waals surface area contributed by atoms with Crippen molar-refractivity contribution in [2.45, 2.75) is 18.7 Å². The molecule has 0 saturated carbocycles. The molecule has 2 aromatic carbocycles. The SMILES string of the molecule is COc1cc(F)c(C2CC(=O)N(c3ncccc3F)C2)c(F)c1.NC(=O)c1ccc(OC(F)(F)F)cc1. The summed E-state index contributed by atoms with van der Waals surface area (Å²) in [6.07, 6.45) is -3.49. The fourth-order valence-electron chi connectivity index (χ4n) is 3.57. The van der Waals surface area contributed by atoms with E-state index in [-0.39, 0.29) is 41.4 Å². The number of carbonyl (C=O) groups is 2. The summed E-state index contributed by atoms with van der Waals surface area (Å²) in [5.41, 5.74) is 4.82. The van der Waals surface area contributed by atoms with Gasteiger partial charge in [0.05, 0.1) is 7.11 Å². The van der Waals surface area contributed by atoms with Crippen LogP contribution in [0.3, 0.4) is 0 Å². The summed E-state index contributed by atoms with van der Waals surface area (Å²) in [5.74, 6) is -4.54. The van der Waals surface area contributed by atoms with Gasteiger partial charge in [-0.2, -0.15) is 0 Å². The van der Waals surface area contributed by atoms with Crippen LogP contribution in [0, 0.1) is 17.5 Å². The Bertz CT molecular complexity index is 1260. The number of nitrogens with two attached hydrogens (primary N) is 1. The van der Waals surface area contributed by atoms with Crippen LogP contribution in [0.4, 0.5) is 32.2 Å². The third-order valence-electron chi connectivity index (χ3n) is 5.19. The van der Waals surface area contributed by atoms with Crippen molar-refractivity contribution < 1.29 is 45.4 Å². The topological polar surface area (TPSA) is 94.8 Å². The molecule has 2 N–H and O–H groups in total. The van der Waals surface area contributed by atoms with Gasteiger partial charge in [-0.15, -0.1) is 13.2 Å². The van der Waals surface area contributed by atoms with Crippen molar-refractivity contribution in [3.63, 3.8) is 0 Å². The fourth-order valence-corrected chi connectivity index (χ4v) is 3.57. The van der Waals surface area contributed by atoms with Crippen molar-refractivity contribution >= 4 is 17.6 Å². The number of amides is 2. The maximum absolute atomic E-state index is 14.1. The number of aromatic nitrogens is 1. The Morgan fingerprint density at radius 1 is 1.03 bits per heavy atom. The Kier molecular flexibility index (Phi) is 8.25. The normalized spacial score (nSPS) is 15.2. The lowest BCUT2D eigenvalue weighted by molar-refractivity contribution is -0.274. The number of hydrogen-bond acceptors (Lipinski definition) is 5. The van der Waals surface area contributed by atoms with Gasteiger partial charge in [-0.3, -0.25) is 14.5 Å². The maximum Gasteiger partial charge on any atom is 0.573 e. The number of benzene rings is 2. The van der Waals surface area contributed by atoms with Gasteiger partial charge in [-0.05, 0) is 36.4 Å². The average Bonchev–Trinajstić information content (AvgIpc) is 3.19. The van der Waals surface area contributed by atoms with E-state index in [0.29, 0.717) is 0 Å². The second kappa shape index (κ2) is 11.2. The van der Waals surface area contributed by atoms with Crippen LogP contribution in [-0.2, 0) is 4.79 Å². The number of methoxy groups -OCH3 is 1. The molecule has 1 unspecified atom stereocenters. The highest BCUT2D eigenvalue weighted by Crippen LogP contribution is 2.35. The minimum Gasteiger partial charge on any atom is -0.497 e. The molecule has 3 aromatic rings. The van der Waals surface area contributed by atoms with Crippen LogP contribution in [0.15, 0.2) is 54.7 Å². The van der Waals surface area contributed by atoms with Crippen LogP contribution < -0.4 is 20.1 Å². The molecule has 1 aliphatic heterocycles. The number of alkyl halides is 3. The van der Waals surface area contributed by atoms with Gasteiger partial charge in [-0.1, -0.05) is 0 Å². The van der Waals surface area contributed by atoms with E-state index in [9.17, 15) is 35.9 Å². The quantitative estimate of drug-likeness (QED) is 0.485. The number of pyridine rings is 1. The zero-order chi connectivity index (χ0) is 27.3. The number of halogens is 6. The Labute approximate surface area is 206 Å². The van der Waals surface area contributed by atoms with Gasteiger partial charge >= 0.3 is 6.36 Å². The van der Waals surface area contributed by atoms with Crippen molar-refractivity contribution in [3.8, 4) is 11.5 Å². The standard InChI is InChI=1S/C16H13F3N2O2.C8H6F3NO2/c1-23-10-6-12(18)15(13(19)7-10)9-5-14(22)21(8-9)16-11(17)3-2-4-20-16;9-8(10,11)14-6-3-1-5(2-4-6)7(12)13/h2-4,6-7,9H,5,8H2,1H3;1-4H,(H2,12,13). The summed E-state index contributed by atoms with van der Waals surface area (Å²) in [6.45, 7) is -0.0348. The highest BCUT2D eigenvalue weighted by molar-refractivity contribution is 5.95. The first-order chi connectivity index (χ1) is 17.4. The smallest absolute Gasteiger partial charge is 0.497 e. The van der Waals surface area contributed by atoms with E-state index in [2.05, 4.69) is 9.72 Å². The Hall–Kier alpha value is -4.29. The Morgan fingerprint density at radius 2 is 1.65 bits per heavy atom. The zero-order valence-electron chi connectivity index (χ0n) is 19.1. The van der Waals surface area contributed by atoms with E-state index in [1.54, 1.807) is 0 Å². The van der Waals surface area contributed by atoms with Crippen molar-refractivity contribution in [1.82, 2.24) is 4.98 Å². The van der Waals surface area contributed by atoms with Crippen LogP contribution in [0.5, 0.6) is 11.5 Å². The van der Waals surface area contributed by atoms with Crippen LogP contribution in [0.1, 0.15) is 28.3 Å². The van der Waals surface area contributed by atoms with Crippen molar-refractivity contribution in [2.24, 2.45) is 5.73 Å². The summed E-state index contributed by atoms with van der Waals surface area (Å²) in [5, 5.41) is 0. The molecular weight excluding hydrogens is 508 g/mol. The highest BCUT2D eigenvalue weighted by atomic mass is 19.4. The van der Waals surface area contributed by atoms with Crippen LogP contribution in [-0.4, -0.2) is 36.8 Å². The summed E-state index contributed by atoms with van der Waals surface area (Å²) in [4.78, 5) is 27.6. The van der Waals surface area contributed by atoms with E-state index < -0.39 is 41.5 Å². The number of rotatable bonds is 5. The monoisotopic (exact) mass is 527 g/mol. The van der Waals surface area contributed by atoms with Gasteiger partial charge in [0.1, 0.15) is 23.1 Å². The number of primary amides is 1. The average molecular weight is 527 g/mol. The van der Waals surface area contributed by atoms with Crippen molar-refractivity contribution in [1.29, 1.82) is 0 Å². The molecule has 1 aromatic heterocycles. The molecule has 0 spiro atoms. The van der Waals surface area contributed by atoms with Crippen LogP contribution >= 0.6 is 0 Å². The van der Waals surface area contributed by atoms with Crippen LogP contribution in [0.25, 0.3) is 0 Å². The lowest BCUT2D eigenvalue weighted by Crippen LogP contribution is -2.26. The Morgan fingerprint density at radius 3 is 2.16 bits per heavy atom. The molecule has 0 radical (unpaired) electrons. The number of nitrogens with zero attached hydrogens (tertiary/aromatic N) is 2. The summed E-state index contributed by atoms with van der Waals surface area (Å²) < 4.78 is 85.5. The van der Waals surface area contributed by atoms with Crippen LogP contribution in [0.2, 0.25) is 0 Å². The molecule has 1 fully saturated rings. The third-order valence-corrected chi connectivity index (χ3v) is 5.19. The molecule has 1 aliphatic rings.